The fourth-order valence-electron chi connectivity index (χ4n) is 3.78. The second kappa shape index (κ2) is 7.30. The second-order valence-electron chi connectivity index (χ2n) is 6.98. The van der Waals surface area contributed by atoms with Crippen LogP contribution in [0, 0.1) is 0 Å². The Hall–Kier alpha value is -2.66. The summed E-state index contributed by atoms with van der Waals surface area (Å²) in [6.45, 7) is 4.10. The molecule has 0 bridgehead atoms. The highest BCUT2D eigenvalue weighted by molar-refractivity contribution is 6.04. The van der Waals surface area contributed by atoms with Gasteiger partial charge in [0, 0.05) is 44.8 Å². The van der Waals surface area contributed by atoms with Gasteiger partial charge < -0.3 is 10.2 Å². The quantitative estimate of drug-likeness (QED) is 0.922. The molecule has 0 spiro atoms. The van der Waals surface area contributed by atoms with Crippen LogP contribution in [0.15, 0.2) is 54.6 Å². The molecule has 0 aromatic heterocycles. The average Bonchev–Trinajstić information content (AvgIpc) is 2.98. The molecule has 2 heterocycles. The van der Waals surface area contributed by atoms with Crippen LogP contribution in [0.2, 0.25) is 0 Å². The zero-order valence-corrected chi connectivity index (χ0v) is 14.7. The second-order valence-corrected chi connectivity index (χ2v) is 6.98. The molecule has 2 aromatic rings. The van der Waals surface area contributed by atoms with E-state index in [0.29, 0.717) is 0 Å². The molecule has 0 aliphatic carbocycles. The molecule has 1 saturated heterocycles. The molecule has 2 aliphatic rings. The first kappa shape index (κ1) is 16.8. The molecule has 2 amide bonds. The van der Waals surface area contributed by atoms with Crippen molar-refractivity contribution in [3.63, 3.8) is 0 Å². The minimum absolute atomic E-state index is 0.0673. The fourth-order valence-corrected chi connectivity index (χ4v) is 3.78. The van der Waals surface area contributed by atoms with Gasteiger partial charge in [0.1, 0.15) is 0 Å². The van der Waals surface area contributed by atoms with E-state index in [1.165, 1.54) is 5.56 Å². The zero-order valence-electron chi connectivity index (χ0n) is 14.7. The van der Waals surface area contributed by atoms with Crippen LogP contribution >= 0.6 is 0 Å². The van der Waals surface area contributed by atoms with E-state index >= 15 is 0 Å². The van der Waals surface area contributed by atoms with Gasteiger partial charge in [-0.25, -0.2) is 0 Å². The van der Waals surface area contributed by atoms with Crippen molar-refractivity contribution < 1.29 is 9.59 Å². The van der Waals surface area contributed by atoms with Crippen LogP contribution in [0.25, 0.3) is 0 Å². The van der Waals surface area contributed by atoms with Crippen LogP contribution < -0.4 is 5.32 Å². The number of carbonyl (C=O) groups is 2. The van der Waals surface area contributed by atoms with E-state index in [4.69, 9.17) is 0 Å². The maximum absolute atomic E-state index is 12.7. The third-order valence-corrected chi connectivity index (χ3v) is 5.26. The highest BCUT2D eigenvalue weighted by Crippen LogP contribution is 2.34. The van der Waals surface area contributed by atoms with Crippen LogP contribution in [0.5, 0.6) is 0 Å². The number of amides is 2. The van der Waals surface area contributed by atoms with Gasteiger partial charge >= 0.3 is 0 Å². The number of hydrogen-bond acceptors (Lipinski definition) is 3. The minimum Gasteiger partial charge on any atom is -0.340 e. The number of nitrogens with zero attached hydrogens (tertiary/aromatic N) is 2. The maximum Gasteiger partial charge on any atom is 0.232 e. The van der Waals surface area contributed by atoms with Crippen LogP contribution in [0.3, 0.4) is 0 Å². The molecule has 5 heteroatoms. The Bertz CT molecular complexity index is 798. The normalized spacial score (nSPS) is 19.9. The Kier molecular flexibility index (Phi) is 4.71. The number of benzene rings is 2. The lowest BCUT2D eigenvalue weighted by molar-refractivity contribution is -0.135. The van der Waals surface area contributed by atoms with Crippen molar-refractivity contribution in [2.45, 2.75) is 18.9 Å². The zero-order chi connectivity index (χ0) is 17.9. The van der Waals surface area contributed by atoms with E-state index in [-0.39, 0.29) is 24.2 Å². The molecule has 134 valence electrons. The van der Waals surface area contributed by atoms with Crippen molar-refractivity contribution in [1.82, 2.24) is 9.80 Å². The van der Waals surface area contributed by atoms with Crippen molar-refractivity contribution >= 4 is 17.5 Å². The lowest BCUT2D eigenvalue weighted by atomic mass is 9.96. The molecule has 5 nitrogen and oxygen atoms in total. The molecule has 1 unspecified atom stereocenters. The SMILES string of the molecule is O=C1Nc2ccccc2C1CC(=O)N1CCN(Cc2ccccc2)CC1. The maximum atomic E-state index is 12.7. The van der Waals surface area contributed by atoms with E-state index in [0.717, 1.165) is 44.0 Å². The third kappa shape index (κ3) is 3.48. The molecule has 0 radical (unpaired) electrons. The number of hydrogen-bond donors (Lipinski definition) is 1. The molecule has 2 aliphatic heterocycles. The summed E-state index contributed by atoms with van der Waals surface area (Å²) in [5.74, 6) is -0.357. The molecule has 2 aromatic carbocycles. The molecular weight excluding hydrogens is 326 g/mol. The van der Waals surface area contributed by atoms with Gasteiger partial charge in [0.05, 0.1) is 5.92 Å². The molecule has 1 fully saturated rings. The smallest absolute Gasteiger partial charge is 0.232 e. The number of fused-ring (bicyclic) bond motifs is 1. The van der Waals surface area contributed by atoms with Gasteiger partial charge in [-0.2, -0.15) is 0 Å². The summed E-state index contributed by atoms with van der Waals surface area (Å²) in [6.07, 6.45) is 0.252. The predicted octanol–water partition coefficient (Wildman–Crippen LogP) is 2.46. The average molecular weight is 349 g/mol. The van der Waals surface area contributed by atoms with Gasteiger partial charge in [-0.3, -0.25) is 14.5 Å². The van der Waals surface area contributed by atoms with Gasteiger partial charge in [0.15, 0.2) is 0 Å². The van der Waals surface area contributed by atoms with Crippen molar-refractivity contribution in [1.29, 1.82) is 0 Å². The van der Waals surface area contributed by atoms with Crippen LogP contribution in [-0.4, -0.2) is 47.8 Å². The summed E-state index contributed by atoms with van der Waals surface area (Å²) in [7, 11) is 0. The number of anilines is 1. The first-order valence-electron chi connectivity index (χ1n) is 9.14. The van der Waals surface area contributed by atoms with E-state index in [1.807, 2.05) is 35.2 Å². The largest absolute Gasteiger partial charge is 0.340 e. The predicted molar refractivity (Wildman–Crippen MR) is 101 cm³/mol. The van der Waals surface area contributed by atoms with Gasteiger partial charge in [-0.15, -0.1) is 0 Å². The van der Waals surface area contributed by atoms with Crippen LogP contribution in [0.4, 0.5) is 5.69 Å². The first-order chi connectivity index (χ1) is 12.7. The van der Waals surface area contributed by atoms with Gasteiger partial charge in [0.25, 0.3) is 0 Å². The monoisotopic (exact) mass is 349 g/mol. The highest BCUT2D eigenvalue weighted by Gasteiger charge is 2.33. The lowest BCUT2D eigenvalue weighted by Crippen LogP contribution is -2.48. The molecule has 1 N–H and O–H groups in total. The number of piperazine rings is 1. The van der Waals surface area contributed by atoms with Crippen molar-refractivity contribution in [3.05, 3.63) is 65.7 Å². The fraction of sp³-hybridized carbons (Fsp3) is 0.333. The summed E-state index contributed by atoms with van der Waals surface area (Å²) in [6, 6.07) is 18.0. The number of rotatable bonds is 4. The Morgan fingerprint density at radius 2 is 1.65 bits per heavy atom. The summed E-state index contributed by atoms with van der Waals surface area (Å²) < 4.78 is 0. The standard InChI is InChI=1S/C21H23N3O2/c25-20(14-18-17-8-4-5-9-19(17)22-21(18)26)24-12-10-23(11-13-24)15-16-6-2-1-3-7-16/h1-9,18H,10-15H2,(H,22,26). The highest BCUT2D eigenvalue weighted by atomic mass is 16.2. The van der Waals surface area contributed by atoms with E-state index in [9.17, 15) is 9.59 Å². The topological polar surface area (TPSA) is 52.7 Å². The Morgan fingerprint density at radius 1 is 0.962 bits per heavy atom. The number of nitrogens with one attached hydrogen (secondary N) is 1. The molecule has 4 rings (SSSR count). The first-order valence-corrected chi connectivity index (χ1v) is 9.14. The van der Waals surface area contributed by atoms with Crippen LogP contribution in [-0.2, 0) is 16.1 Å². The van der Waals surface area contributed by atoms with Crippen molar-refractivity contribution in [2.75, 3.05) is 31.5 Å². The Morgan fingerprint density at radius 3 is 2.42 bits per heavy atom. The van der Waals surface area contributed by atoms with E-state index in [2.05, 4.69) is 34.5 Å². The Labute approximate surface area is 153 Å². The third-order valence-electron chi connectivity index (χ3n) is 5.26. The molecule has 1 atom stereocenters. The summed E-state index contributed by atoms with van der Waals surface area (Å²) in [4.78, 5) is 29.2. The summed E-state index contributed by atoms with van der Waals surface area (Å²) in [5, 5.41) is 2.87. The number of carbonyl (C=O) groups excluding carboxylic acids is 2. The lowest BCUT2D eigenvalue weighted by Gasteiger charge is -2.35. The van der Waals surface area contributed by atoms with Gasteiger partial charge in [0.2, 0.25) is 11.8 Å². The van der Waals surface area contributed by atoms with Crippen LogP contribution in [0.1, 0.15) is 23.5 Å². The summed E-state index contributed by atoms with van der Waals surface area (Å²) >= 11 is 0. The molecular formula is C21H23N3O2. The van der Waals surface area contributed by atoms with Gasteiger partial charge in [-0.05, 0) is 17.2 Å². The van der Waals surface area contributed by atoms with Crippen molar-refractivity contribution in [2.24, 2.45) is 0 Å². The van der Waals surface area contributed by atoms with E-state index in [1.54, 1.807) is 0 Å². The number of para-hydroxylation sites is 1. The molecule has 0 saturated carbocycles. The van der Waals surface area contributed by atoms with E-state index < -0.39 is 0 Å². The van der Waals surface area contributed by atoms with Crippen molar-refractivity contribution in [3.8, 4) is 0 Å². The summed E-state index contributed by atoms with van der Waals surface area (Å²) in [5.41, 5.74) is 3.07. The minimum atomic E-state index is -0.360. The molecule has 26 heavy (non-hydrogen) atoms. The van der Waals surface area contributed by atoms with Gasteiger partial charge in [-0.1, -0.05) is 48.5 Å². The Balaban J connectivity index is 1.32.